The number of ether oxygens (including phenoxy) is 1. The van der Waals surface area contributed by atoms with E-state index in [1.807, 2.05) is 36.4 Å². The SMILES string of the molecule is O=C(NCc1ccc(Cl)cc1)c1ccc(SCCN2CCOCC2)nc1. The van der Waals surface area contributed by atoms with Crippen molar-refractivity contribution in [1.82, 2.24) is 15.2 Å². The smallest absolute Gasteiger partial charge is 0.253 e. The maximum absolute atomic E-state index is 12.2. The number of hydrogen-bond acceptors (Lipinski definition) is 5. The summed E-state index contributed by atoms with van der Waals surface area (Å²) in [5.41, 5.74) is 1.57. The summed E-state index contributed by atoms with van der Waals surface area (Å²) in [7, 11) is 0. The van der Waals surface area contributed by atoms with Crippen LogP contribution < -0.4 is 5.32 Å². The first-order valence-corrected chi connectivity index (χ1v) is 9.99. The fourth-order valence-corrected chi connectivity index (χ4v) is 3.57. The topological polar surface area (TPSA) is 54.5 Å². The molecule has 0 saturated carbocycles. The van der Waals surface area contributed by atoms with Gasteiger partial charge in [0, 0.05) is 43.2 Å². The molecule has 0 atom stereocenters. The van der Waals surface area contributed by atoms with E-state index in [0.717, 1.165) is 49.2 Å². The van der Waals surface area contributed by atoms with Gasteiger partial charge in [0.05, 0.1) is 23.8 Å². The zero-order valence-corrected chi connectivity index (χ0v) is 16.1. The first-order valence-electron chi connectivity index (χ1n) is 8.62. The van der Waals surface area contributed by atoms with Gasteiger partial charge in [-0.3, -0.25) is 9.69 Å². The molecule has 0 bridgehead atoms. The van der Waals surface area contributed by atoms with Gasteiger partial charge >= 0.3 is 0 Å². The Balaban J connectivity index is 1.42. The lowest BCUT2D eigenvalue weighted by Gasteiger charge is -2.26. The quantitative estimate of drug-likeness (QED) is 0.735. The third kappa shape index (κ3) is 5.99. The minimum atomic E-state index is -0.127. The number of thioether (sulfide) groups is 1. The molecule has 1 N–H and O–H groups in total. The minimum Gasteiger partial charge on any atom is -0.379 e. The molecule has 2 heterocycles. The van der Waals surface area contributed by atoms with Crippen molar-refractivity contribution < 1.29 is 9.53 Å². The Morgan fingerprint density at radius 1 is 1.19 bits per heavy atom. The van der Waals surface area contributed by atoms with Gasteiger partial charge in [0.1, 0.15) is 0 Å². The van der Waals surface area contributed by atoms with Crippen LogP contribution in [0.2, 0.25) is 5.02 Å². The van der Waals surface area contributed by atoms with E-state index >= 15 is 0 Å². The van der Waals surface area contributed by atoms with Crippen molar-refractivity contribution in [2.45, 2.75) is 11.6 Å². The number of rotatable bonds is 7. The van der Waals surface area contributed by atoms with Crippen LogP contribution in [0.3, 0.4) is 0 Å². The number of benzene rings is 1. The summed E-state index contributed by atoms with van der Waals surface area (Å²) in [6.45, 7) is 5.14. The second-order valence-corrected chi connectivity index (χ2v) is 7.55. The lowest BCUT2D eigenvalue weighted by Crippen LogP contribution is -2.37. The molecule has 1 amide bonds. The molecule has 5 nitrogen and oxygen atoms in total. The third-order valence-corrected chi connectivity index (χ3v) is 5.30. The van der Waals surface area contributed by atoms with E-state index in [0.29, 0.717) is 17.1 Å². The third-order valence-electron chi connectivity index (χ3n) is 4.13. The summed E-state index contributed by atoms with van der Waals surface area (Å²) in [6.07, 6.45) is 1.63. The van der Waals surface area contributed by atoms with Crippen LogP contribution in [-0.4, -0.2) is 54.4 Å². The van der Waals surface area contributed by atoms with Crippen LogP contribution in [0.4, 0.5) is 0 Å². The summed E-state index contributed by atoms with van der Waals surface area (Å²) in [5, 5.41) is 4.52. The van der Waals surface area contributed by atoms with Crippen LogP contribution in [0.25, 0.3) is 0 Å². The van der Waals surface area contributed by atoms with E-state index in [-0.39, 0.29) is 5.91 Å². The molecular formula is C19H22ClN3O2S. The van der Waals surface area contributed by atoms with Crippen molar-refractivity contribution in [3.63, 3.8) is 0 Å². The van der Waals surface area contributed by atoms with Crippen molar-refractivity contribution in [3.05, 3.63) is 58.7 Å². The molecule has 1 saturated heterocycles. The molecule has 1 aromatic carbocycles. The average molecular weight is 392 g/mol. The van der Waals surface area contributed by atoms with Gasteiger partial charge in [-0.15, -0.1) is 11.8 Å². The first-order chi connectivity index (χ1) is 12.7. The van der Waals surface area contributed by atoms with Crippen LogP contribution in [0.1, 0.15) is 15.9 Å². The Morgan fingerprint density at radius 2 is 1.96 bits per heavy atom. The van der Waals surface area contributed by atoms with Gasteiger partial charge in [0.2, 0.25) is 0 Å². The van der Waals surface area contributed by atoms with Crippen molar-refractivity contribution >= 4 is 29.3 Å². The van der Waals surface area contributed by atoms with E-state index in [1.54, 1.807) is 18.0 Å². The van der Waals surface area contributed by atoms with Crippen molar-refractivity contribution in [2.24, 2.45) is 0 Å². The monoisotopic (exact) mass is 391 g/mol. The highest BCUT2D eigenvalue weighted by Crippen LogP contribution is 2.16. The molecular weight excluding hydrogens is 370 g/mol. The Labute approximate surface area is 163 Å². The van der Waals surface area contributed by atoms with Crippen LogP contribution >= 0.6 is 23.4 Å². The number of nitrogens with zero attached hydrogens (tertiary/aromatic N) is 2. The van der Waals surface area contributed by atoms with Gasteiger partial charge in [-0.05, 0) is 29.8 Å². The predicted molar refractivity (Wildman–Crippen MR) is 105 cm³/mol. The van der Waals surface area contributed by atoms with E-state index in [1.165, 1.54) is 0 Å². The molecule has 1 aliphatic heterocycles. The molecule has 0 spiro atoms. The van der Waals surface area contributed by atoms with Crippen LogP contribution in [0.5, 0.6) is 0 Å². The Bertz CT molecular complexity index is 704. The lowest BCUT2D eigenvalue weighted by molar-refractivity contribution is 0.0410. The van der Waals surface area contributed by atoms with Gasteiger partial charge in [-0.25, -0.2) is 4.98 Å². The number of halogens is 1. The molecule has 7 heteroatoms. The number of pyridine rings is 1. The number of aromatic nitrogens is 1. The van der Waals surface area contributed by atoms with E-state index in [2.05, 4.69) is 15.2 Å². The molecule has 0 aliphatic carbocycles. The highest BCUT2D eigenvalue weighted by Gasteiger charge is 2.10. The fraction of sp³-hybridized carbons (Fsp3) is 0.368. The molecule has 2 aromatic rings. The van der Waals surface area contributed by atoms with Gasteiger partial charge in [-0.2, -0.15) is 0 Å². The van der Waals surface area contributed by atoms with Crippen molar-refractivity contribution in [3.8, 4) is 0 Å². The molecule has 1 aromatic heterocycles. The summed E-state index contributed by atoms with van der Waals surface area (Å²) in [4.78, 5) is 19.0. The minimum absolute atomic E-state index is 0.127. The number of carbonyl (C=O) groups is 1. The normalized spacial score (nSPS) is 15.0. The summed E-state index contributed by atoms with van der Waals surface area (Å²) in [5.74, 6) is 0.854. The highest BCUT2D eigenvalue weighted by atomic mass is 35.5. The molecule has 0 radical (unpaired) electrons. The zero-order valence-electron chi connectivity index (χ0n) is 14.5. The van der Waals surface area contributed by atoms with Gasteiger partial charge in [0.15, 0.2) is 0 Å². The number of carbonyl (C=O) groups excluding carboxylic acids is 1. The van der Waals surface area contributed by atoms with Crippen molar-refractivity contribution in [1.29, 1.82) is 0 Å². The van der Waals surface area contributed by atoms with Crippen molar-refractivity contribution in [2.75, 3.05) is 38.6 Å². The number of hydrogen-bond donors (Lipinski definition) is 1. The van der Waals surface area contributed by atoms with Crippen LogP contribution in [0, 0.1) is 0 Å². The number of amides is 1. The summed E-state index contributed by atoms with van der Waals surface area (Å²) < 4.78 is 5.35. The Hall–Kier alpha value is -1.60. The summed E-state index contributed by atoms with van der Waals surface area (Å²) in [6, 6.07) is 11.1. The highest BCUT2D eigenvalue weighted by molar-refractivity contribution is 7.99. The molecule has 1 fully saturated rings. The lowest BCUT2D eigenvalue weighted by atomic mass is 10.2. The standard InChI is InChI=1S/C19H22ClN3O2S/c20-17-4-1-15(2-5-17)13-22-19(24)16-3-6-18(21-14-16)26-12-9-23-7-10-25-11-8-23/h1-6,14H,7-13H2,(H,22,24). The largest absolute Gasteiger partial charge is 0.379 e. The average Bonchev–Trinajstić information content (AvgIpc) is 2.69. The number of nitrogens with one attached hydrogen (secondary N) is 1. The Morgan fingerprint density at radius 3 is 2.65 bits per heavy atom. The van der Waals surface area contributed by atoms with E-state index in [9.17, 15) is 4.79 Å². The molecule has 1 aliphatic rings. The molecule has 0 unspecified atom stereocenters. The van der Waals surface area contributed by atoms with Crippen LogP contribution in [0.15, 0.2) is 47.6 Å². The predicted octanol–water partition coefficient (Wildman–Crippen LogP) is 3.09. The second kappa shape index (κ2) is 9.92. The first kappa shape index (κ1) is 19.2. The van der Waals surface area contributed by atoms with Crippen LogP contribution in [-0.2, 0) is 11.3 Å². The van der Waals surface area contributed by atoms with E-state index in [4.69, 9.17) is 16.3 Å². The van der Waals surface area contributed by atoms with E-state index < -0.39 is 0 Å². The molecule has 3 rings (SSSR count). The number of morpholine rings is 1. The molecule has 138 valence electrons. The summed E-state index contributed by atoms with van der Waals surface area (Å²) >= 11 is 7.57. The Kier molecular flexibility index (Phi) is 7.32. The van der Waals surface area contributed by atoms with Gasteiger partial charge < -0.3 is 10.1 Å². The zero-order chi connectivity index (χ0) is 18.2. The van der Waals surface area contributed by atoms with Gasteiger partial charge in [0.25, 0.3) is 5.91 Å². The maximum Gasteiger partial charge on any atom is 0.253 e. The van der Waals surface area contributed by atoms with Gasteiger partial charge in [-0.1, -0.05) is 23.7 Å². The maximum atomic E-state index is 12.2. The fourth-order valence-electron chi connectivity index (χ4n) is 2.59. The molecule has 26 heavy (non-hydrogen) atoms. The second-order valence-electron chi connectivity index (χ2n) is 6.00.